The Hall–Kier alpha value is -1.85. The number of hydrogen-bond acceptors (Lipinski definition) is 3. The maximum Gasteiger partial charge on any atom is 0.228 e. The number of nitrogens with zero attached hydrogens (tertiary/aromatic N) is 2. The average Bonchev–Trinajstić information content (AvgIpc) is 2.97. The van der Waals surface area contributed by atoms with Crippen LogP contribution < -0.4 is 11.1 Å². The van der Waals surface area contributed by atoms with Crippen LogP contribution in [0.2, 0.25) is 0 Å². The molecule has 3 rings (SSSR count). The van der Waals surface area contributed by atoms with E-state index in [1.165, 1.54) is 0 Å². The molecule has 22 heavy (non-hydrogen) atoms. The number of halogens is 1. The first-order valence-corrected chi connectivity index (χ1v) is 7.40. The van der Waals surface area contributed by atoms with Crippen LogP contribution in [0.15, 0.2) is 42.6 Å². The molecule has 1 aliphatic carbocycles. The summed E-state index contributed by atoms with van der Waals surface area (Å²) in [5.74, 6) is 0.627. The molecule has 3 N–H and O–H groups in total. The molecule has 1 amide bonds. The standard InChI is InChI=1S/C16H20N4O.ClH/c17-13-6-4-5-12(11-13)16(21)18-15-9-10-20(19-15)14-7-2-1-3-8-14;/h1-3,7-10,12-13H,4-6,11,17H2,(H,18,19,21);1H. The number of aromatic nitrogens is 2. The van der Waals surface area contributed by atoms with Crippen LogP contribution in [-0.2, 0) is 4.79 Å². The van der Waals surface area contributed by atoms with Crippen molar-refractivity contribution in [1.29, 1.82) is 0 Å². The Labute approximate surface area is 136 Å². The molecule has 1 aromatic heterocycles. The van der Waals surface area contributed by atoms with Gasteiger partial charge in [0, 0.05) is 24.2 Å². The lowest BCUT2D eigenvalue weighted by molar-refractivity contribution is -0.120. The van der Waals surface area contributed by atoms with Crippen LogP contribution in [0.5, 0.6) is 0 Å². The highest BCUT2D eigenvalue weighted by Gasteiger charge is 2.25. The predicted octanol–water partition coefficient (Wildman–Crippen LogP) is 2.75. The molecule has 2 aromatic rings. The summed E-state index contributed by atoms with van der Waals surface area (Å²) in [7, 11) is 0. The SMILES string of the molecule is Cl.NC1CCCC(C(=O)Nc2ccn(-c3ccccc3)n2)C1. The summed E-state index contributed by atoms with van der Waals surface area (Å²) in [6.45, 7) is 0. The summed E-state index contributed by atoms with van der Waals surface area (Å²) in [4.78, 5) is 12.2. The number of benzene rings is 1. The third kappa shape index (κ3) is 3.87. The van der Waals surface area contributed by atoms with Gasteiger partial charge in [-0.05, 0) is 31.4 Å². The number of carbonyl (C=O) groups excluding carboxylic acids is 1. The minimum absolute atomic E-state index is 0. The number of nitrogens with one attached hydrogen (secondary N) is 1. The zero-order valence-corrected chi connectivity index (χ0v) is 13.1. The molecular weight excluding hydrogens is 300 g/mol. The van der Waals surface area contributed by atoms with Gasteiger partial charge >= 0.3 is 0 Å². The Kier molecular flexibility index (Phi) is 5.57. The molecular formula is C16H21ClN4O. The second kappa shape index (κ2) is 7.42. The largest absolute Gasteiger partial charge is 0.328 e. The van der Waals surface area contributed by atoms with E-state index in [9.17, 15) is 4.79 Å². The van der Waals surface area contributed by atoms with Gasteiger partial charge in [-0.3, -0.25) is 4.79 Å². The van der Waals surface area contributed by atoms with Gasteiger partial charge in [-0.1, -0.05) is 24.6 Å². The number of hydrogen-bond donors (Lipinski definition) is 2. The maximum absolute atomic E-state index is 12.2. The van der Waals surface area contributed by atoms with Crippen molar-refractivity contribution in [3.05, 3.63) is 42.6 Å². The fourth-order valence-corrected chi connectivity index (χ4v) is 2.81. The fourth-order valence-electron chi connectivity index (χ4n) is 2.81. The molecule has 0 spiro atoms. The molecule has 1 aromatic carbocycles. The zero-order valence-electron chi connectivity index (χ0n) is 12.3. The van der Waals surface area contributed by atoms with Crippen molar-refractivity contribution in [3.8, 4) is 5.69 Å². The van der Waals surface area contributed by atoms with E-state index in [1.54, 1.807) is 4.68 Å². The van der Waals surface area contributed by atoms with Gasteiger partial charge < -0.3 is 11.1 Å². The molecule has 0 saturated heterocycles. The maximum atomic E-state index is 12.2. The predicted molar refractivity (Wildman–Crippen MR) is 89.4 cm³/mol. The Morgan fingerprint density at radius 1 is 1.23 bits per heavy atom. The van der Waals surface area contributed by atoms with Crippen molar-refractivity contribution in [2.45, 2.75) is 31.7 Å². The zero-order chi connectivity index (χ0) is 14.7. The van der Waals surface area contributed by atoms with Crippen molar-refractivity contribution in [3.63, 3.8) is 0 Å². The van der Waals surface area contributed by atoms with Crippen LogP contribution in [0.25, 0.3) is 5.69 Å². The second-order valence-electron chi connectivity index (χ2n) is 5.59. The molecule has 0 bridgehead atoms. The minimum Gasteiger partial charge on any atom is -0.328 e. The quantitative estimate of drug-likeness (QED) is 0.913. The lowest BCUT2D eigenvalue weighted by Crippen LogP contribution is -2.34. The van der Waals surface area contributed by atoms with E-state index in [0.29, 0.717) is 5.82 Å². The van der Waals surface area contributed by atoms with Gasteiger partial charge in [0.05, 0.1) is 5.69 Å². The van der Waals surface area contributed by atoms with Crippen molar-refractivity contribution < 1.29 is 4.79 Å². The second-order valence-corrected chi connectivity index (χ2v) is 5.59. The molecule has 1 aliphatic rings. The van der Waals surface area contributed by atoms with Crippen molar-refractivity contribution in [2.75, 3.05) is 5.32 Å². The van der Waals surface area contributed by atoms with Crippen LogP contribution in [0, 0.1) is 5.92 Å². The van der Waals surface area contributed by atoms with E-state index in [1.807, 2.05) is 42.6 Å². The number of rotatable bonds is 3. The molecule has 0 radical (unpaired) electrons. The topological polar surface area (TPSA) is 72.9 Å². The van der Waals surface area contributed by atoms with E-state index in [-0.39, 0.29) is 30.3 Å². The van der Waals surface area contributed by atoms with E-state index in [2.05, 4.69) is 10.4 Å². The van der Waals surface area contributed by atoms with Gasteiger partial charge in [-0.2, -0.15) is 5.10 Å². The lowest BCUT2D eigenvalue weighted by Gasteiger charge is -2.25. The monoisotopic (exact) mass is 320 g/mol. The van der Waals surface area contributed by atoms with E-state index >= 15 is 0 Å². The van der Waals surface area contributed by atoms with Crippen LogP contribution in [-0.4, -0.2) is 21.7 Å². The number of carbonyl (C=O) groups is 1. The van der Waals surface area contributed by atoms with E-state index < -0.39 is 0 Å². The van der Waals surface area contributed by atoms with E-state index in [0.717, 1.165) is 31.4 Å². The van der Waals surface area contributed by atoms with Gasteiger partial charge in [-0.15, -0.1) is 12.4 Å². The van der Waals surface area contributed by atoms with Crippen LogP contribution >= 0.6 is 12.4 Å². The van der Waals surface area contributed by atoms with E-state index in [4.69, 9.17) is 5.73 Å². The van der Waals surface area contributed by atoms with Gasteiger partial charge in [0.25, 0.3) is 0 Å². The summed E-state index contributed by atoms with van der Waals surface area (Å²) in [5, 5.41) is 7.28. The Morgan fingerprint density at radius 2 is 2.00 bits per heavy atom. The van der Waals surface area contributed by atoms with Gasteiger partial charge in [-0.25, -0.2) is 4.68 Å². The summed E-state index contributed by atoms with van der Waals surface area (Å²) in [5.41, 5.74) is 6.91. The molecule has 2 atom stereocenters. The summed E-state index contributed by atoms with van der Waals surface area (Å²) < 4.78 is 1.75. The highest BCUT2D eigenvalue weighted by Crippen LogP contribution is 2.24. The molecule has 1 fully saturated rings. The van der Waals surface area contributed by atoms with Gasteiger partial charge in [0.2, 0.25) is 5.91 Å². The molecule has 5 nitrogen and oxygen atoms in total. The normalized spacial score (nSPS) is 21.0. The summed E-state index contributed by atoms with van der Waals surface area (Å²) in [6, 6.07) is 11.8. The summed E-state index contributed by atoms with van der Waals surface area (Å²) >= 11 is 0. The molecule has 0 aliphatic heterocycles. The first kappa shape index (κ1) is 16.5. The highest BCUT2D eigenvalue weighted by atomic mass is 35.5. The smallest absolute Gasteiger partial charge is 0.228 e. The highest BCUT2D eigenvalue weighted by molar-refractivity contribution is 5.91. The van der Waals surface area contributed by atoms with Crippen LogP contribution in [0.1, 0.15) is 25.7 Å². The Balaban J connectivity index is 0.00000176. The Bertz CT molecular complexity index is 614. The summed E-state index contributed by atoms with van der Waals surface area (Å²) in [6.07, 6.45) is 5.58. The number of nitrogens with two attached hydrogens (primary N) is 1. The molecule has 2 unspecified atom stereocenters. The third-order valence-corrected chi connectivity index (χ3v) is 3.95. The number of anilines is 1. The van der Waals surface area contributed by atoms with Crippen molar-refractivity contribution in [1.82, 2.24) is 9.78 Å². The molecule has 1 heterocycles. The lowest BCUT2D eigenvalue weighted by atomic mass is 9.85. The molecule has 118 valence electrons. The minimum atomic E-state index is 0. The van der Waals surface area contributed by atoms with Crippen molar-refractivity contribution >= 4 is 24.1 Å². The van der Waals surface area contributed by atoms with Gasteiger partial charge in [0.15, 0.2) is 5.82 Å². The van der Waals surface area contributed by atoms with Crippen LogP contribution in [0.4, 0.5) is 5.82 Å². The van der Waals surface area contributed by atoms with Crippen molar-refractivity contribution in [2.24, 2.45) is 11.7 Å². The van der Waals surface area contributed by atoms with Gasteiger partial charge in [0.1, 0.15) is 0 Å². The molecule has 6 heteroatoms. The van der Waals surface area contributed by atoms with Crippen LogP contribution in [0.3, 0.4) is 0 Å². The first-order valence-electron chi connectivity index (χ1n) is 7.40. The Morgan fingerprint density at radius 3 is 2.73 bits per heavy atom. The first-order chi connectivity index (χ1) is 10.2. The number of amides is 1. The fraction of sp³-hybridized carbons (Fsp3) is 0.375. The third-order valence-electron chi connectivity index (χ3n) is 3.95. The number of para-hydroxylation sites is 1. The average molecular weight is 321 g/mol. The molecule has 1 saturated carbocycles.